The zero-order chi connectivity index (χ0) is 14.7. The Balaban J connectivity index is 1.70. The Bertz CT molecular complexity index is 627. The van der Waals surface area contributed by atoms with E-state index in [0.717, 1.165) is 31.6 Å². The van der Waals surface area contributed by atoms with Gasteiger partial charge in [0, 0.05) is 24.9 Å². The minimum Gasteiger partial charge on any atom is -0.493 e. The van der Waals surface area contributed by atoms with E-state index in [-0.39, 0.29) is 6.04 Å². The maximum absolute atomic E-state index is 5.74. The number of ether oxygens (including phenoxy) is 1. The van der Waals surface area contributed by atoms with E-state index in [4.69, 9.17) is 10.6 Å². The fourth-order valence-corrected chi connectivity index (χ4v) is 2.91. The molecule has 0 saturated heterocycles. The Kier molecular flexibility index (Phi) is 4.18. The second kappa shape index (κ2) is 6.24. The highest BCUT2D eigenvalue weighted by atomic mass is 16.5. The molecule has 3 rings (SSSR count). The number of benzene rings is 1. The van der Waals surface area contributed by atoms with Gasteiger partial charge in [0.15, 0.2) is 0 Å². The third-order valence-electron chi connectivity index (χ3n) is 4.12. The summed E-state index contributed by atoms with van der Waals surface area (Å²) >= 11 is 0. The van der Waals surface area contributed by atoms with Gasteiger partial charge in [-0.15, -0.1) is 0 Å². The van der Waals surface area contributed by atoms with Gasteiger partial charge in [0.1, 0.15) is 5.75 Å². The molecule has 1 unspecified atom stereocenters. The molecule has 4 heteroatoms. The molecule has 4 nitrogen and oxygen atoms in total. The van der Waals surface area contributed by atoms with E-state index < -0.39 is 0 Å². The molecular weight excluding hydrogens is 262 g/mol. The van der Waals surface area contributed by atoms with E-state index in [1.807, 2.05) is 18.5 Å². The average molecular weight is 283 g/mol. The van der Waals surface area contributed by atoms with Crippen molar-refractivity contribution in [3.05, 3.63) is 58.9 Å². The van der Waals surface area contributed by atoms with Crippen molar-refractivity contribution in [3.63, 3.8) is 0 Å². The standard InChI is InChI=1S/C17H21N3O/c1-12-11-19-8-6-15(12)16(20-18)4-2-13-3-5-17-14(10-13)7-9-21-17/h3,5-6,8,10-11,16,20H,2,4,7,9,18H2,1H3. The van der Waals surface area contributed by atoms with Crippen LogP contribution in [0, 0.1) is 6.92 Å². The molecule has 110 valence electrons. The Hall–Kier alpha value is -1.91. The molecule has 0 aliphatic carbocycles. The Morgan fingerprint density at radius 2 is 2.29 bits per heavy atom. The number of pyridine rings is 1. The summed E-state index contributed by atoms with van der Waals surface area (Å²) in [4.78, 5) is 4.14. The predicted octanol–water partition coefficient (Wildman–Crippen LogP) is 2.46. The lowest BCUT2D eigenvalue weighted by molar-refractivity contribution is 0.357. The summed E-state index contributed by atoms with van der Waals surface area (Å²) in [5.74, 6) is 6.78. The van der Waals surface area contributed by atoms with Gasteiger partial charge >= 0.3 is 0 Å². The van der Waals surface area contributed by atoms with Crippen LogP contribution in [-0.4, -0.2) is 11.6 Å². The first-order valence-electron chi connectivity index (χ1n) is 7.39. The van der Waals surface area contributed by atoms with Crippen LogP contribution in [0.3, 0.4) is 0 Å². The molecule has 0 bridgehead atoms. The van der Waals surface area contributed by atoms with E-state index in [9.17, 15) is 0 Å². The summed E-state index contributed by atoms with van der Waals surface area (Å²) in [6, 6.07) is 8.68. The van der Waals surface area contributed by atoms with Gasteiger partial charge in [0.25, 0.3) is 0 Å². The summed E-state index contributed by atoms with van der Waals surface area (Å²) < 4.78 is 5.55. The summed E-state index contributed by atoms with van der Waals surface area (Å²) in [6.45, 7) is 2.88. The van der Waals surface area contributed by atoms with Crippen LogP contribution in [0.1, 0.15) is 34.7 Å². The first-order chi connectivity index (χ1) is 10.3. The second-order valence-electron chi connectivity index (χ2n) is 5.53. The topological polar surface area (TPSA) is 60.2 Å². The molecule has 0 fully saturated rings. The third kappa shape index (κ3) is 3.06. The molecule has 0 radical (unpaired) electrons. The summed E-state index contributed by atoms with van der Waals surface area (Å²) in [5.41, 5.74) is 7.98. The zero-order valence-electron chi connectivity index (χ0n) is 12.3. The lowest BCUT2D eigenvalue weighted by Crippen LogP contribution is -2.29. The molecule has 1 aromatic heterocycles. The molecular formula is C17H21N3O. The second-order valence-corrected chi connectivity index (χ2v) is 5.53. The molecule has 0 amide bonds. The molecule has 1 aromatic carbocycles. The molecule has 21 heavy (non-hydrogen) atoms. The predicted molar refractivity (Wildman–Crippen MR) is 83.0 cm³/mol. The normalized spacial score (nSPS) is 14.6. The molecule has 1 atom stereocenters. The van der Waals surface area contributed by atoms with Crippen LogP contribution in [0.2, 0.25) is 0 Å². The van der Waals surface area contributed by atoms with Crippen molar-refractivity contribution >= 4 is 0 Å². The Morgan fingerprint density at radius 1 is 1.38 bits per heavy atom. The number of fused-ring (bicyclic) bond motifs is 1. The number of rotatable bonds is 5. The van der Waals surface area contributed by atoms with Gasteiger partial charge in [-0.3, -0.25) is 16.3 Å². The molecule has 3 N–H and O–H groups in total. The number of hydrogen-bond donors (Lipinski definition) is 2. The first-order valence-corrected chi connectivity index (χ1v) is 7.39. The third-order valence-corrected chi connectivity index (χ3v) is 4.12. The first kappa shape index (κ1) is 14.0. The number of hydrazine groups is 1. The number of nitrogens with one attached hydrogen (secondary N) is 1. The largest absolute Gasteiger partial charge is 0.493 e. The van der Waals surface area contributed by atoms with Crippen molar-refractivity contribution in [2.75, 3.05) is 6.61 Å². The fraction of sp³-hybridized carbons (Fsp3) is 0.353. The van der Waals surface area contributed by atoms with Gasteiger partial charge < -0.3 is 4.74 Å². The number of aromatic nitrogens is 1. The number of nitrogens with two attached hydrogens (primary N) is 1. The van der Waals surface area contributed by atoms with Gasteiger partial charge in [-0.1, -0.05) is 12.1 Å². The highest BCUT2D eigenvalue weighted by molar-refractivity contribution is 5.40. The Labute approximate surface area is 125 Å². The van der Waals surface area contributed by atoms with Crippen LogP contribution in [0.4, 0.5) is 0 Å². The van der Waals surface area contributed by atoms with Crippen LogP contribution in [-0.2, 0) is 12.8 Å². The molecule has 0 saturated carbocycles. The molecule has 0 spiro atoms. The maximum Gasteiger partial charge on any atom is 0.122 e. The van der Waals surface area contributed by atoms with Crippen LogP contribution in [0.25, 0.3) is 0 Å². The highest BCUT2D eigenvalue weighted by Gasteiger charge is 2.15. The monoisotopic (exact) mass is 283 g/mol. The van der Waals surface area contributed by atoms with Crippen LogP contribution in [0.15, 0.2) is 36.7 Å². The number of nitrogens with zero attached hydrogens (tertiary/aromatic N) is 1. The molecule has 1 aliphatic rings. The number of aryl methyl sites for hydroxylation is 2. The van der Waals surface area contributed by atoms with Gasteiger partial charge in [-0.05, 0) is 54.2 Å². The van der Waals surface area contributed by atoms with Crippen LogP contribution < -0.4 is 16.0 Å². The van der Waals surface area contributed by atoms with Crippen molar-refractivity contribution < 1.29 is 4.74 Å². The van der Waals surface area contributed by atoms with Crippen LogP contribution >= 0.6 is 0 Å². The van der Waals surface area contributed by atoms with Gasteiger partial charge in [0.2, 0.25) is 0 Å². The average Bonchev–Trinajstić information content (AvgIpc) is 2.97. The quantitative estimate of drug-likeness (QED) is 0.653. The van der Waals surface area contributed by atoms with Gasteiger partial charge in [0.05, 0.1) is 6.61 Å². The molecule has 1 aliphatic heterocycles. The maximum atomic E-state index is 5.74. The molecule has 2 aromatic rings. The highest BCUT2D eigenvalue weighted by Crippen LogP contribution is 2.27. The molecule has 2 heterocycles. The van der Waals surface area contributed by atoms with Crippen molar-refractivity contribution in [2.24, 2.45) is 5.84 Å². The van der Waals surface area contributed by atoms with Gasteiger partial charge in [-0.25, -0.2) is 0 Å². The van der Waals surface area contributed by atoms with Crippen molar-refractivity contribution in [1.82, 2.24) is 10.4 Å². The van der Waals surface area contributed by atoms with E-state index in [1.54, 1.807) is 0 Å². The lowest BCUT2D eigenvalue weighted by Gasteiger charge is -2.18. The Morgan fingerprint density at radius 3 is 3.10 bits per heavy atom. The smallest absolute Gasteiger partial charge is 0.122 e. The summed E-state index contributed by atoms with van der Waals surface area (Å²) in [7, 11) is 0. The van der Waals surface area contributed by atoms with Crippen LogP contribution in [0.5, 0.6) is 5.75 Å². The van der Waals surface area contributed by atoms with Crippen molar-refractivity contribution in [1.29, 1.82) is 0 Å². The van der Waals surface area contributed by atoms with E-state index in [2.05, 4.69) is 35.5 Å². The summed E-state index contributed by atoms with van der Waals surface area (Å²) in [6.07, 6.45) is 6.67. The van der Waals surface area contributed by atoms with E-state index in [0.29, 0.717) is 0 Å². The van der Waals surface area contributed by atoms with Crippen molar-refractivity contribution in [3.8, 4) is 5.75 Å². The number of hydrogen-bond acceptors (Lipinski definition) is 4. The SMILES string of the molecule is Cc1cnccc1C(CCc1ccc2c(c1)CCO2)NN. The van der Waals surface area contributed by atoms with E-state index in [1.165, 1.54) is 22.3 Å². The minimum absolute atomic E-state index is 0.150. The van der Waals surface area contributed by atoms with E-state index >= 15 is 0 Å². The van der Waals surface area contributed by atoms with Gasteiger partial charge in [-0.2, -0.15) is 0 Å². The lowest BCUT2D eigenvalue weighted by atomic mass is 9.96. The fourth-order valence-electron chi connectivity index (χ4n) is 2.91. The van der Waals surface area contributed by atoms with Crippen molar-refractivity contribution in [2.45, 2.75) is 32.2 Å². The zero-order valence-corrected chi connectivity index (χ0v) is 12.3. The minimum atomic E-state index is 0.150. The summed E-state index contributed by atoms with van der Waals surface area (Å²) in [5, 5.41) is 0.